The molecule has 2 heterocycles. The molecule has 0 radical (unpaired) electrons. The highest BCUT2D eigenvalue weighted by molar-refractivity contribution is 6.34. The molecule has 0 spiro atoms. The van der Waals surface area contributed by atoms with Gasteiger partial charge in [-0.05, 0) is 23.6 Å². The summed E-state index contributed by atoms with van der Waals surface area (Å²) < 4.78 is 0. The molecule has 0 saturated heterocycles. The Labute approximate surface area is 121 Å². The number of hydrogen-bond acceptors (Lipinski definition) is 2. The summed E-state index contributed by atoms with van der Waals surface area (Å²) in [5, 5.41) is 0.669. The number of aromatic nitrogens is 2. The summed E-state index contributed by atoms with van der Waals surface area (Å²) in [5.41, 5.74) is 3.33. The second-order valence-corrected chi connectivity index (χ2v) is 4.96. The minimum absolute atomic E-state index is 0.0962. The van der Waals surface area contributed by atoms with Gasteiger partial charge in [-0.25, -0.2) is 4.98 Å². The zero-order chi connectivity index (χ0) is 14.1. The van der Waals surface area contributed by atoms with Crippen LogP contribution in [0.4, 0.5) is 0 Å². The second kappa shape index (κ2) is 5.10. The standard InChI is InChI=1S/C16H13ClN2O/c1-2-10-3-5-11(6-4-10)12-9-19-13-7-8-18-16(17)14(13)15(12)20/h3-9H,2H2,1H3,(H,19,20). The summed E-state index contributed by atoms with van der Waals surface area (Å²) in [6, 6.07) is 9.72. The van der Waals surface area contributed by atoms with Gasteiger partial charge in [-0.15, -0.1) is 0 Å². The van der Waals surface area contributed by atoms with E-state index in [2.05, 4.69) is 16.9 Å². The lowest BCUT2D eigenvalue weighted by molar-refractivity contribution is 1.14. The Morgan fingerprint density at radius 1 is 1.20 bits per heavy atom. The van der Waals surface area contributed by atoms with Crippen molar-refractivity contribution >= 4 is 22.5 Å². The van der Waals surface area contributed by atoms with E-state index in [0.717, 1.165) is 12.0 Å². The van der Waals surface area contributed by atoms with Crippen molar-refractivity contribution in [3.63, 3.8) is 0 Å². The molecule has 0 amide bonds. The summed E-state index contributed by atoms with van der Waals surface area (Å²) in [5.74, 6) is 0. The van der Waals surface area contributed by atoms with E-state index >= 15 is 0 Å². The summed E-state index contributed by atoms with van der Waals surface area (Å²) in [7, 11) is 0. The molecule has 0 fully saturated rings. The predicted molar refractivity (Wildman–Crippen MR) is 82.2 cm³/mol. The number of aryl methyl sites for hydroxylation is 1. The van der Waals surface area contributed by atoms with E-state index in [9.17, 15) is 4.79 Å². The highest BCUT2D eigenvalue weighted by Gasteiger charge is 2.10. The lowest BCUT2D eigenvalue weighted by Crippen LogP contribution is -2.07. The molecule has 0 atom stereocenters. The first kappa shape index (κ1) is 12.9. The van der Waals surface area contributed by atoms with Gasteiger partial charge in [0.25, 0.3) is 0 Å². The van der Waals surface area contributed by atoms with Crippen molar-refractivity contribution in [2.24, 2.45) is 0 Å². The maximum absolute atomic E-state index is 12.6. The molecule has 3 nitrogen and oxygen atoms in total. The fourth-order valence-electron chi connectivity index (χ4n) is 2.26. The van der Waals surface area contributed by atoms with Gasteiger partial charge in [0.15, 0.2) is 5.43 Å². The molecule has 4 heteroatoms. The zero-order valence-corrected chi connectivity index (χ0v) is 11.7. The number of hydrogen-bond donors (Lipinski definition) is 1. The molecule has 0 unspecified atom stereocenters. The van der Waals surface area contributed by atoms with Crippen molar-refractivity contribution in [3.05, 3.63) is 63.7 Å². The van der Waals surface area contributed by atoms with Crippen molar-refractivity contribution < 1.29 is 0 Å². The zero-order valence-electron chi connectivity index (χ0n) is 11.0. The number of nitrogens with one attached hydrogen (secondary N) is 1. The van der Waals surface area contributed by atoms with Gasteiger partial charge in [0.1, 0.15) is 5.15 Å². The highest BCUT2D eigenvalue weighted by atomic mass is 35.5. The van der Waals surface area contributed by atoms with E-state index in [1.165, 1.54) is 5.56 Å². The fourth-order valence-corrected chi connectivity index (χ4v) is 2.50. The summed E-state index contributed by atoms with van der Waals surface area (Å²) >= 11 is 6.04. The molecule has 2 aromatic heterocycles. The average Bonchev–Trinajstić information content (AvgIpc) is 2.48. The Morgan fingerprint density at radius 2 is 1.95 bits per heavy atom. The predicted octanol–water partition coefficient (Wildman–Crippen LogP) is 3.81. The first-order valence-corrected chi connectivity index (χ1v) is 6.83. The Balaban J connectivity index is 2.24. The maximum Gasteiger partial charge on any atom is 0.200 e. The van der Waals surface area contributed by atoms with Gasteiger partial charge >= 0.3 is 0 Å². The smallest absolute Gasteiger partial charge is 0.200 e. The number of H-pyrrole nitrogens is 1. The van der Waals surface area contributed by atoms with Crippen LogP contribution in [0.2, 0.25) is 5.15 Å². The number of aromatic amines is 1. The van der Waals surface area contributed by atoms with Crippen molar-refractivity contribution in [1.29, 1.82) is 0 Å². The Hall–Kier alpha value is -2.13. The lowest BCUT2D eigenvalue weighted by atomic mass is 10.0. The van der Waals surface area contributed by atoms with E-state index in [1.807, 2.05) is 24.3 Å². The lowest BCUT2D eigenvalue weighted by Gasteiger charge is -2.05. The van der Waals surface area contributed by atoms with Crippen molar-refractivity contribution in [2.45, 2.75) is 13.3 Å². The molecular weight excluding hydrogens is 272 g/mol. The third-order valence-electron chi connectivity index (χ3n) is 3.42. The number of benzene rings is 1. The molecule has 3 rings (SSSR count). The van der Waals surface area contributed by atoms with Gasteiger partial charge in [-0.1, -0.05) is 42.8 Å². The van der Waals surface area contributed by atoms with E-state index in [4.69, 9.17) is 11.6 Å². The number of halogens is 1. The monoisotopic (exact) mass is 284 g/mol. The molecule has 20 heavy (non-hydrogen) atoms. The van der Waals surface area contributed by atoms with Crippen LogP contribution in [-0.2, 0) is 6.42 Å². The molecule has 0 aliphatic heterocycles. The molecule has 0 aliphatic carbocycles. The molecule has 0 saturated carbocycles. The van der Waals surface area contributed by atoms with Gasteiger partial charge < -0.3 is 4.98 Å². The van der Waals surface area contributed by atoms with Crippen LogP contribution in [0.5, 0.6) is 0 Å². The summed E-state index contributed by atoms with van der Waals surface area (Å²) in [4.78, 5) is 19.6. The summed E-state index contributed by atoms with van der Waals surface area (Å²) in [6.07, 6.45) is 4.28. The van der Waals surface area contributed by atoms with Crippen LogP contribution in [0.15, 0.2) is 47.5 Å². The van der Waals surface area contributed by atoms with E-state index < -0.39 is 0 Å². The number of fused-ring (bicyclic) bond motifs is 1. The van der Waals surface area contributed by atoms with Gasteiger partial charge in [0, 0.05) is 18.0 Å². The van der Waals surface area contributed by atoms with E-state index in [-0.39, 0.29) is 10.6 Å². The van der Waals surface area contributed by atoms with Crippen LogP contribution in [0, 0.1) is 0 Å². The number of nitrogens with zero attached hydrogens (tertiary/aromatic N) is 1. The van der Waals surface area contributed by atoms with E-state index in [1.54, 1.807) is 18.5 Å². The minimum atomic E-state index is -0.0962. The third-order valence-corrected chi connectivity index (χ3v) is 3.71. The Morgan fingerprint density at radius 3 is 2.65 bits per heavy atom. The first-order valence-electron chi connectivity index (χ1n) is 6.46. The van der Waals surface area contributed by atoms with Gasteiger partial charge in [-0.3, -0.25) is 4.79 Å². The molecule has 1 aromatic carbocycles. The molecule has 100 valence electrons. The molecular formula is C16H13ClN2O. The Bertz CT molecular complexity index is 822. The average molecular weight is 285 g/mol. The third kappa shape index (κ3) is 2.10. The topological polar surface area (TPSA) is 45.8 Å². The van der Waals surface area contributed by atoms with Crippen LogP contribution in [-0.4, -0.2) is 9.97 Å². The quantitative estimate of drug-likeness (QED) is 0.728. The molecule has 0 bridgehead atoms. The normalized spacial score (nSPS) is 10.9. The number of rotatable bonds is 2. The van der Waals surface area contributed by atoms with Crippen LogP contribution < -0.4 is 5.43 Å². The van der Waals surface area contributed by atoms with Crippen molar-refractivity contribution in [3.8, 4) is 11.1 Å². The van der Waals surface area contributed by atoms with Crippen LogP contribution in [0.3, 0.4) is 0 Å². The van der Waals surface area contributed by atoms with Crippen molar-refractivity contribution in [2.75, 3.05) is 0 Å². The van der Waals surface area contributed by atoms with Crippen LogP contribution in [0.1, 0.15) is 12.5 Å². The summed E-state index contributed by atoms with van der Waals surface area (Å²) in [6.45, 7) is 2.10. The number of pyridine rings is 2. The van der Waals surface area contributed by atoms with Crippen LogP contribution in [0.25, 0.3) is 22.0 Å². The second-order valence-electron chi connectivity index (χ2n) is 4.61. The first-order chi connectivity index (χ1) is 9.70. The maximum atomic E-state index is 12.6. The van der Waals surface area contributed by atoms with Gasteiger partial charge in [-0.2, -0.15) is 0 Å². The highest BCUT2D eigenvalue weighted by Crippen LogP contribution is 2.21. The molecule has 0 aliphatic rings. The van der Waals surface area contributed by atoms with Gasteiger partial charge in [0.05, 0.1) is 10.9 Å². The van der Waals surface area contributed by atoms with Gasteiger partial charge in [0.2, 0.25) is 0 Å². The minimum Gasteiger partial charge on any atom is -0.360 e. The van der Waals surface area contributed by atoms with E-state index in [0.29, 0.717) is 16.5 Å². The van der Waals surface area contributed by atoms with Crippen LogP contribution >= 0.6 is 11.6 Å². The molecule has 3 aromatic rings. The molecule has 1 N–H and O–H groups in total. The fraction of sp³-hybridized carbons (Fsp3) is 0.125. The van der Waals surface area contributed by atoms with Crippen molar-refractivity contribution in [1.82, 2.24) is 9.97 Å². The largest absolute Gasteiger partial charge is 0.360 e. The SMILES string of the molecule is CCc1ccc(-c2c[nH]c3ccnc(Cl)c3c2=O)cc1. The Kier molecular flexibility index (Phi) is 3.28.